The van der Waals surface area contributed by atoms with E-state index in [9.17, 15) is 5.11 Å². The highest BCUT2D eigenvalue weighted by Crippen LogP contribution is 2.42. The SMILES string of the molecule is CCCn1nccc1C(O)C1CCCc2sccc21. The summed E-state index contributed by atoms with van der Waals surface area (Å²) in [5.74, 6) is 0.238. The van der Waals surface area contributed by atoms with Crippen LogP contribution in [0, 0.1) is 0 Å². The zero-order valence-electron chi connectivity index (χ0n) is 11.2. The number of fused-ring (bicyclic) bond motifs is 1. The Balaban J connectivity index is 1.89. The maximum atomic E-state index is 10.8. The molecule has 3 nitrogen and oxygen atoms in total. The van der Waals surface area contributed by atoms with E-state index in [4.69, 9.17) is 0 Å². The summed E-state index contributed by atoms with van der Waals surface area (Å²) in [5.41, 5.74) is 2.32. The fourth-order valence-corrected chi connectivity index (χ4v) is 4.05. The van der Waals surface area contributed by atoms with E-state index in [1.54, 1.807) is 6.20 Å². The fourth-order valence-electron chi connectivity index (χ4n) is 3.05. The van der Waals surface area contributed by atoms with Crippen LogP contribution in [0.5, 0.6) is 0 Å². The van der Waals surface area contributed by atoms with Gasteiger partial charge in [-0.05, 0) is 48.8 Å². The summed E-state index contributed by atoms with van der Waals surface area (Å²) in [7, 11) is 0. The molecule has 1 aliphatic carbocycles. The molecule has 19 heavy (non-hydrogen) atoms. The quantitative estimate of drug-likeness (QED) is 0.928. The van der Waals surface area contributed by atoms with Crippen molar-refractivity contribution in [2.24, 2.45) is 0 Å². The van der Waals surface area contributed by atoms with Gasteiger partial charge in [-0.15, -0.1) is 11.3 Å². The lowest BCUT2D eigenvalue weighted by Gasteiger charge is -2.27. The summed E-state index contributed by atoms with van der Waals surface area (Å²) < 4.78 is 1.95. The molecular weight excluding hydrogens is 256 g/mol. The largest absolute Gasteiger partial charge is 0.386 e. The van der Waals surface area contributed by atoms with Crippen LogP contribution < -0.4 is 0 Å². The van der Waals surface area contributed by atoms with Gasteiger partial charge in [0.25, 0.3) is 0 Å². The molecule has 0 bridgehead atoms. The smallest absolute Gasteiger partial charge is 0.102 e. The summed E-state index contributed by atoms with van der Waals surface area (Å²) in [4.78, 5) is 1.46. The molecule has 0 aliphatic heterocycles. The molecule has 0 fully saturated rings. The summed E-state index contributed by atoms with van der Waals surface area (Å²) in [6.07, 6.45) is 5.83. The first kappa shape index (κ1) is 12.9. The van der Waals surface area contributed by atoms with E-state index in [0.29, 0.717) is 0 Å². The Morgan fingerprint density at radius 3 is 3.26 bits per heavy atom. The van der Waals surface area contributed by atoms with Gasteiger partial charge in [0.05, 0.1) is 5.69 Å². The highest BCUT2D eigenvalue weighted by Gasteiger charge is 2.30. The zero-order valence-corrected chi connectivity index (χ0v) is 12.1. The Kier molecular flexibility index (Phi) is 3.71. The molecule has 1 N–H and O–H groups in total. The Labute approximate surface area is 117 Å². The van der Waals surface area contributed by atoms with Crippen molar-refractivity contribution in [3.63, 3.8) is 0 Å². The zero-order chi connectivity index (χ0) is 13.2. The van der Waals surface area contributed by atoms with Crippen molar-refractivity contribution in [3.8, 4) is 0 Å². The van der Waals surface area contributed by atoms with Crippen LogP contribution in [0.3, 0.4) is 0 Å². The number of hydrogen-bond acceptors (Lipinski definition) is 3. The normalized spacial score (nSPS) is 20.2. The van der Waals surface area contributed by atoms with Crippen molar-refractivity contribution >= 4 is 11.3 Å². The molecule has 2 heterocycles. The van der Waals surface area contributed by atoms with Gasteiger partial charge in [0.2, 0.25) is 0 Å². The van der Waals surface area contributed by atoms with Gasteiger partial charge in [-0.25, -0.2) is 0 Å². The van der Waals surface area contributed by atoms with Crippen LogP contribution in [0.15, 0.2) is 23.7 Å². The third-order valence-electron chi connectivity index (χ3n) is 3.97. The maximum Gasteiger partial charge on any atom is 0.102 e. The monoisotopic (exact) mass is 276 g/mol. The number of aryl methyl sites for hydroxylation is 2. The molecular formula is C15H20N2OS. The number of rotatable bonds is 4. The predicted molar refractivity (Wildman–Crippen MR) is 77.5 cm³/mol. The topological polar surface area (TPSA) is 38.0 Å². The lowest BCUT2D eigenvalue weighted by atomic mass is 9.83. The first-order valence-electron chi connectivity index (χ1n) is 7.07. The molecule has 2 atom stereocenters. The van der Waals surface area contributed by atoms with Crippen molar-refractivity contribution in [1.82, 2.24) is 9.78 Å². The van der Waals surface area contributed by atoms with Crippen LogP contribution in [0.4, 0.5) is 0 Å². The van der Waals surface area contributed by atoms with Gasteiger partial charge in [0.1, 0.15) is 6.10 Å². The molecule has 3 rings (SSSR count). The Morgan fingerprint density at radius 1 is 1.53 bits per heavy atom. The van der Waals surface area contributed by atoms with Crippen LogP contribution in [0.2, 0.25) is 0 Å². The lowest BCUT2D eigenvalue weighted by Crippen LogP contribution is -2.19. The predicted octanol–water partition coefficient (Wildman–Crippen LogP) is 3.51. The second kappa shape index (κ2) is 5.47. The molecule has 0 aromatic carbocycles. The number of nitrogens with zero attached hydrogens (tertiary/aromatic N) is 2. The molecule has 0 saturated heterocycles. The minimum atomic E-state index is -0.428. The van der Waals surface area contributed by atoms with Gasteiger partial charge in [-0.2, -0.15) is 5.10 Å². The van der Waals surface area contributed by atoms with E-state index >= 15 is 0 Å². The van der Waals surface area contributed by atoms with Crippen molar-refractivity contribution in [2.75, 3.05) is 0 Å². The number of aliphatic hydroxyl groups excluding tert-OH is 1. The third kappa shape index (κ3) is 2.35. The average Bonchev–Trinajstić information content (AvgIpc) is 3.06. The summed E-state index contributed by atoms with van der Waals surface area (Å²) in [5, 5.41) is 17.2. The second-order valence-electron chi connectivity index (χ2n) is 5.22. The van der Waals surface area contributed by atoms with Gasteiger partial charge in [-0.3, -0.25) is 4.68 Å². The first-order chi connectivity index (χ1) is 9.31. The number of aliphatic hydroxyl groups is 1. The summed E-state index contributed by atoms with van der Waals surface area (Å²) in [6.45, 7) is 3.01. The number of hydrogen-bond donors (Lipinski definition) is 1. The number of aromatic nitrogens is 2. The Bertz CT molecular complexity index is 546. The molecule has 0 radical (unpaired) electrons. The molecule has 0 amide bonds. The molecule has 0 saturated carbocycles. The molecule has 2 aromatic rings. The maximum absolute atomic E-state index is 10.8. The highest BCUT2D eigenvalue weighted by atomic mass is 32.1. The van der Waals surface area contributed by atoms with Gasteiger partial charge < -0.3 is 5.11 Å². The summed E-state index contributed by atoms with van der Waals surface area (Å²) in [6, 6.07) is 4.15. The van der Waals surface area contributed by atoms with Crippen molar-refractivity contribution in [1.29, 1.82) is 0 Å². The van der Waals surface area contributed by atoms with Gasteiger partial charge in [-0.1, -0.05) is 6.92 Å². The average molecular weight is 276 g/mol. The minimum Gasteiger partial charge on any atom is -0.386 e. The van der Waals surface area contributed by atoms with Gasteiger partial charge in [0.15, 0.2) is 0 Å². The van der Waals surface area contributed by atoms with E-state index in [0.717, 1.165) is 25.1 Å². The van der Waals surface area contributed by atoms with Crippen LogP contribution in [-0.4, -0.2) is 14.9 Å². The van der Waals surface area contributed by atoms with Crippen molar-refractivity contribution in [3.05, 3.63) is 39.8 Å². The molecule has 0 spiro atoms. The van der Waals surface area contributed by atoms with Crippen molar-refractivity contribution in [2.45, 2.75) is 51.2 Å². The molecule has 4 heteroatoms. The number of thiophene rings is 1. The van der Waals surface area contributed by atoms with E-state index < -0.39 is 6.10 Å². The van der Waals surface area contributed by atoms with Crippen molar-refractivity contribution < 1.29 is 5.11 Å². The minimum absolute atomic E-state index is 0.238. The highest BCUT2D eigenvalue weighted by molar-refractivity contribution is 7.10. The third-order valence-corrected chi connectivity index (χ3v) is 4.96. The Morgan fingerprint density at radius 2 is 2.42 bits per heavy atom. The van der Waals surface area contributed by atoms with Crippen LogP contribution in [0.1, 0.15) is 54.3 Å². The van der Waals surface area contributed by atoms with E-state index in [1.807, 2.05) is 22.1 Å². The Hall–Kier alpha value is -1.13. The molecule has 2 unspecified atom stereocenters. The van der Waals surface area contributed by atoms with Crippen LogP contribution in [-0.2, 0) is 13.0 Å². The van der Waals surface area contributed by atoms with Gasteiger partial charge in [0, 0.05) is 23.5 Å². The lowest BCUT2D eigenvalue weighted by molar-refractivity contribution is 0.126. The standard InChI is InChI=1S/C15H20N2OS/c1-2-9-17-13(6-8-16-17)15(18)12-4-3-5-14-11(12)7-10-19-14/h6-8,10,12,15,18H,2-5,9H2,1H3. The van der Waals surface area contributed by atoms with Crippen LogP contribution in [0.25, 0.3) is 0 Å². The van der Waals surface area contributed by atoms with E-state index in [-0.39, 0.29) is 5.92 Å². The molecule has 1 aliphatic rings. The molecule has 2 aromatic heterocycles. The second-order valence-corrected chi connectivity index (χ2v) is 6.22. The van der Waals surface area contributed by atoms with E-state index in [1.165, 1.54) is 23.3 Å². The van der Waals surface area contributed by atoms with Crippen LogP contribution >= 0.6 is 11.3 Å². The first-order valence-corrected chi connectivity index (χ1v) is 7.95. The van der Waals surface area contributed by atoms with E-state index in [2.05, 4.69) is 23.5 Å². The molecule has 102 valence electrons. The summed E-state index contributed by atoms with van der Waals surface area (Å²) >= 11 is 1.82. The fraction of sp³-hybridized carbons (Fsp3) is 0.533. The van der Waals surface area contributed by atoms with Gasteiger partial charge >= 0.3 is 0 Å².